The van der Waals surface area contributed by atoms with Crippen molar-refractivity contribution in [1.29, 1.82) is 0 Å². The molecular weight excluding hydrogens is 650 g/mol. The number of aliphatic imine (C=N–C) groups is 1. The summed E-state index contributed by atoms with van der Waals surface area (Å²) >= 11 is 0. The van der Waals surface area contributed by atoms with Gasteiger partial charge in [0.2, 0.25) is 35.4 Å². The Morgan fingerprint density at radius 1 is 0.720 bits per heavy atom. The van der Waals surface area contributed by atoms with E-state index in [0.29, 0.717) is 38.8 Å². The summed E-state index contributed by atoms with van der Waals surface area (Å²) in [6.07, 6.45) is 3.09. The lowest BCUT2D eigenvalue weighted by atomic mass is 9.97. The van der Waals surface area contributed by atoms with Gasteiger partial charge in [-0.15, -0.1) is 0 Å². The Hall–Kier alpha value is -4.81. The van der Waals surface area contributed by atoms with Crippen molar-refractivity contribution in [3.05, 3.63) is 35.9 Å². The van der Waals surface area contributed by atoms with Gasteiger partial charge in [0.15, 0.2) is 5.96 Å². The van der Waals surface area contributed by atoms with Gasteiger partial charge in [-0.1, -0.05) is 30.3 Å². The molecule has 1 heterocycles. The molecule has 0 bridgehead atoms. The lowest BCUT2D eigenvalue weighted by molar-refractivity contribution is -0.134. The summed E-state index contributed by atoms with van der Waals surface area (Å²) in [5.41, 5.74) is 23.1. The van der Waals surface area contributed by atoms with Gasteiger partial charge in [0.25, 0.3) is 0 Å². The second-order valence-electron chi connectivity index (χ2n) is 11.8. The van der Waals surface area contributed by atoms with Crippen molar-refractivity contribution >= 4 is 41.4 Å². The Morgan fingerprint density at radius 2 is 1.32 bits per heavy atom. The van der Waals surface area contributed by atoms with Crippen LogP contribution in [0.5, 0.6) is 0 Å². The number of amides is 6. The molecule has 0 unspecified atom stereocenters. The normalized spacial score (nSPS) is 22.5. The monoisotopic (exact) mass is 703 g/mol. The van der Waals surface area contributed by atoms with Crippen LogP contribution < -0.4 is 54.8 Å². The fourth-order valence-electron chi connectivity index (χ4n) is 5.01. The molecule has 0 spiro atoms. The highest BCUT2D eigenvalue weighted by atomic mass is 16.5. The number of nitrogens with two attached hydrogens (primary N) is 4. The number of carbonyl (C=O) groups is 6. The molecule has 50 heavy (non-hydrogen) atoms. The van der Waals surface area contributed by atoms with Gasteiger partial charge in [0, 0.05) is 13.0 Å². The molecule has 1 aromatic rings. The van der Waals surface area contributed by atoms with Gasteiger partial charge >= 0.3 is 0 Å². The highest BCUT2D eigenvalue weighted by molar-refractivity contribution is 5.93. The van der Waals surface area contributed by atoms with Crippen molar-refractivity contribution in [2.24, 2.45) is 33.8 Å². The van der Waals surface area contributed by atoms with E-state index in [4.69, 9.17) is 27.7 Å². The lowest BCUT2D eigenvalue weighted by Crippen LogP contribution is -2.55. The van der Waals surface area contributed by atoms with E-state index in [1.165, 1.54) is 0 Å². The van der Waals surface area contributed by atoms with Crippen LogP contribution in [0.15, 0.2) is 35.3 Å². The van der Waals surface area contributed by atoms with Crippen LogP contribution in [0, 0.1) is 5.92 Å². The van der Waals surface area contributed by atoms with Crippen molar-refractivity contribution < 1.29 is 33.5 Å². The molecule has 0 radical (unpaired) electrons. The van der Waals surface area contributed by atoms with E-state index in [0.717, 1.165) is 5.56 Å². The van der Waals surface area contributed by atoms with Gasteiger partial charge in [-0.25, -0.2) is 4.99 Å². The van der Waals surface area contributed by atoms with E-state index in [1.807, 2.05) is 30.3 Å². The van der Waals surface area contributed by atoms with E-state index in [9.17, 15) is 28.8 Å². The Balaban J connectivity index is 2.35. The number of hydrogen-bond donors (Lipinski definition) is 10. The number of rotatable bonds is 11. The highest BCUT2D eigenvalue weighted by Gasteiger charge is 2.29. The summed E-state index contributed by atoms with van der Waals surface area (Å²) in [6, 6.07) is 6.10. The van der Waals surface area contributed by atoms with Crippen LogP contribution in [-0.4, -0.2) is 106 Å². The van der Waals surface area contributed by atoms with Gasteiger partial charge in [-0.3, -0.25) is 28.8 Å². The molecule has 1 aliphatic rings. The smallest absolute Gasteiger partial charge is 0.245 e. The standard InChI is InChI=1S/C32H53N11O7/c33-13-6-4-10-23-30(48)40-20-50-15-12-25(43-32(35)36)29(47)39-19-27(45)38-18-26(44)37-17-22(16-21-8-2-1-3-9-21)28(46)41-24(31(49)42-23)11-5-7-14-34/h1-3,8-9,22-25H,4-7,10-20,33-34H2,(H,37,44)(H,38,45)(H,39,47)(H,40,48)(H,41,46)(H,42,49)(H4,35,36,43)/t22-,23+,24+,25-/m1/s1. The van der Waals surface area contributed by atoms with E-state index in [1.54, 1.807) is 0 Å². The summed E-state index contributed by atoms with van der Waals surface area (Å²) in [5.74, 6) is -4.60. The van der Waals surface area contributed by atoms with Crippen LogP contribution in [0.25, 0.3) is 0 Å². The molecule has 1 aliphatic heterocycles. The molecule has 18 nitrogen and oxygen atoms in total. The van der Waals surface area contributed by atoms with Crippen molar-refractivity contribution in [1.82, 2.24) is 31.9 Å². The number of hydrogen-bond acceptors (Lipinski definition) is 10. The fraction of sp³-hybridized carbons (Fsp3) is 0.594. The topological polar surface area (TPSA) is 300 Å². The summed E-state index contributed by atoms with van der Waals surface area (Å²) in [6.45, 7) is -0.495. The van der Waals surface area contributed by atoms with Crippen molar-refractivity contribution in [3.63, 3.8) is 0 Å². The number of nitrogens with zero attached hydrogens (tertiary/aromatic N) is 1. The number of nitrogens with one attached hydrogen (secondary N) is 6. The van der Waals surface area contributed by atoms with Gasteiger partial charge in [-0.2, -0.15) is 0 Å². The average molecular weight is 704 g/mol. The Morgan fingerprint density at radius 3 is 1.96 bits per heavy atom. The number of guanidine groups is 1. The zero-order chi connectivity index (χ0) is 36.7. The molecule has 6 amide bonds. The van der Waals surface area contributed by atoms with Crippen LogP contribution in [0.4, 0.5) is 0 Å². The first-order chi connectivity index (χ1) is 24.0. The molecule has 18 heteroatoms. The average Bonchev–Trinajstić information content (AvgIpc) is 3.09. The number of benzene rings is 1. The van der Waals surface area contributed by atoms with Gasteiger partial charge in [-0.05, 0) is 63.6 Å². The van der Waals surface area contributed by atoms with E-state index in [-0.39, 0.29) is 51.5 Å². The van der Waals surface area contributed by atoms with Crippen LogP contribution in [0.2, 0.25) is 0 Å². The summed E-state index contributed by atoms with van der Waals surface area (Å²) in [7, 11) is 0. The van der Waals surface area contributed by atoms with Gasteiger partial charge < -0.3 is 59.6 Å². The SMILES string of the molecule is NCCCC[C@@H]1NC(=O)[C@H](Cc2ccccc2)CNC(=O)CNC(=O)CNC(=O)[C@H](N=C(N)N)CCOCNC(=O)[C@H](CCCCN)NC1=O. The van der Waals surface area contributed by atoms with Crippen molar-refractivity contribution in [2.75, 3.05) is 46.1 Å². The predicted octanol–water partition coefficient (Wildman–Crippen LogP) is -3.44. The van der Waals surface area contributed by atoms with Crippen LogP contribution in [-0.2, 0) is 39.9 Å². The third-order valence-electron chi connectivity index (χ3n) is 7.76. The van der Waals surface area contributed by atoms with Crippen LogP contribution in [0.3, 0.4) is 0 Å². The molecule has 278 valence electrons. The van der Waals surface area contributed by atoms with E-state index < -0.39 is 72.6 Å². The maximum Gasteiger partial charge on any atom is 0.245 e. The number of unbranched alkanes of at least 4 members (excludes halogenated alkanes) is 2. The highest BCUT2D eigenvalue weighted by Crippen LogP contribution is 2.11. The third-order valence-corrected chi connectivity index (χ3v) is 7.76. The molecular formula is C32H53N11O7. The summed E-state index contributed by atoms with van der Waals surface area (Å²) < 4.78 is 5.50. The molecule has 1 saturated heterocycles. The molecule has 0 aliphatic carbocycles. The first kappa shape index (κ1) is 41.4. The second kappa shape index (κ2) is 23.5. The maximum absolute atomic E-state index is 13.7. The zero-order valence-electron chi connectivity index (χ0n) is 28.4. The van der Waals surface area contributed by atoms with Crippen LogP contribution in [0.1, 0.15) is 50.5 Å². The maximum atomic E-state index is 13.7. The second-order valence-corrected chi connectivity index (χ2v) is 11.8. The Labute approximate surface area is 292 Å². The van der Waals surface area contributed by atoms with Crippen LogP contribution >= 0.6 is 0 Å². The Bertz CT molecular complexity index is 1280. The largest absolute Gasteiger partial charge is 0.370 e. The van der Waals surface area contributed by atoms with Gasteiger partial charge in [0.1, 0.15) is 24.9 Å². The van der Waals surface area contributed by atoms with Crippen molar-refractivity contribution in [3.8, 4) is 0 Å². The Kier molecular flexibility index (Phi) is 19.5. The fourth-order valence-corrected chi connectivity index (χ4v) is 5.01. The molecule has 1 aromatic carbocycles. The number of ether oxygens (including phenoxy) is 1. The first-order valence-electron chi connectivity index (χ1n) is 16.8. The predicted molar refractivity (Wildman–Crippen MR) is 186 cm³/mol. The minimum absolute atomic E-state index is 0.00855. The van der Waals surface area contributed by atoms with E-state index in [2.05, 4.69) is 36.9 Å². The molecule has 0 saturated carbocycles. The van der Waals surface area contributed by atoms with E-state index >= 15 is 0 Å². The summed E-state index contributed by atoms with van der Waals surface area (Å²) in [5, 5.41) is 15.7. The minimum Gasteiger partial charge on any atom is -0.370 e. The lowest BCUT2D eigenvalue weighted by Gasteiger charge is -2.25. The molecule has 14 N–H and O–H groups in total. The molecule has 0 aromatic heterocycles. The minimum atomic E-state index is -1.10. The summed E-state index contributed by atoms with van der Waals surface area (Å²) in [4.78, 5) is 82.2. The van der Waals surface area contributed by atoms with Gasteiger partial charge in [0.05, 0.1) is 25.6 Å². The zero-order valence-corrected chi connectivity index (χ0v) is 28.4. The molecule has 4 atom stereocenters. The first-order valence-corrected chi connectivity index (χ1v) is 16.8. The molecule has 2 rings (SSSR count). The third kappa shape index (κ3) is 16.5. The number of carbonyl (C=O) groups excluding carboxylic acids is 6. The molecule has 1 fully saturated rings. The van der Waals surface area contributed by atoms with Crippen molar-refractivity contribution in [2.45, 2.75) is 69.5 Å². The quantitative estimate of drug-likeness (QED) is 0.0614.